The summed E-state index contributed by atoms with van der Waals surface area (Å²) >= 11 is 1.97. The van der Waals surface area contributed by atoms with Gasteiger partial charge in [-0.05, 0) is 190 Å². The highest BCUT2D eigenvalue weighted by molar-refractivity contribution is 7.28. The fourth-order valence-electron chi connectivity index (χ4n) is 11.6. The largest absolute Gasteiger partial charge is 0.360 e. The summed E-state index contributed by atoms with van der Waals surface area (Å²) in [5.41, 5.74) is 18.0. The van der Waals surface area contributed by atoms with Crippen molar-refractivity contribution in [3.05, 3.63) is 153 Å². The zero-order valence-electron chi connectivity index (χ0n) is 51.1. The predicted molar refractivity (Wildman–Crippen MR) is 333 cm³/mol. The molecule has 2 aliphatic rings. The lowest BCUT2D eigenvalue weighted by molar-refractivity contribution is 0.332. The van der Waals surface area contributed by atoms with Gasteiger partial charge < -0.3 is 9.80 Å². The highest BCUT2D eigenvalue weighted by Crippen LogP contribution is 2.49. The van der Waals surface area contributed by atoms with Crippen LogP contribution in [0.15, 0.2) is 142 Å². The Hall–Kier alpha value is -4.02. The molecule has 0 bridgehead atoms. The highest BCUT2D eigenvalue weighted by Gasteiger charge is 2.39. The van der Waals surface area contributed by atoms with Crippen LogP contribution in [0.3, 0.4) is 0 Å². The fraction of sp³-hybridized carbons (Fsp3) is 0.565. The van der Waals surface area contributed by atoms with Gasteiger partial charge in [-0.3, -0.25) is 0 Å². The molecule has 0 amide bonds. The summed E-state index contributed by atoms with van der Waals surface area (Å²) in [6, 6.07) is 5.23. The molecule has 2 atom stereocenters. The van der Waals surface area contributed by atoms with Crippen molar-refractivity contribution in [1.29, 1.82) is 0 Å². The van der Waals surface area contributed by atoms with Crippen molar-refractivity contribution in [2.45, 2.75) is 208 Å². The minimum atomic E-state index is -0.0332. The first-order valence-corrected chi connectivity index (χ1v) is 29.3. The van der Waals surface area contributed by atoms with E-state index in [0.29, 0.717) is 30.2 Å². The van der Waals surface area contributed by atoms with Gasteiger partial charge in [0.2, 0.25) is 7.28 Å². The van der Waals surface area contributed by atoms with E-state index < -0.39 is 0 Å². The van der Waals surface area contributed by atoms with Crippen LogP contribution in [-0.4, -0.2) is 31.3 Å². The van der Waals surface area contributed by atoms with Gasteiger partial charge in [0, 0.05) is 40.8 Å². The average molecular weight is 1000 g/mol. The number of hydrogen-bond acceptors (Lipinski definition) is 3. The number of benzene rings is 1. The van der Waals surface area contributed by atoms with E-state index in [-0.39, 0.29) is 27.7 Å². The lowest BCUT2D eigenvalue weighted by Gasteiger charge is -2.42. The Kier molecular flexibility index (Phi) is 21.3. The Labute approximate surface area is 455 Å². The molecule has 1 aromatic carbocycles. The number of anilines is 1. The first-order chi connectivity index (χ1) is 33.9. The molecule has 4 rings (SSSR count). The second-order valence-corrected chi connectivity index (χ2v) is 26.9. The van der Waals surface area contributed by atoms with Crippen molar-refractivity contribution in [2.24, 2.45) is 34.5 Å². The van der Waals surface area contributed by atoms with Gasteiger partial charge in [0.1, 0.15) is 0 Å². The molecule has 1 aliphatic heterocycles. The monoisotopic (exact) mass is 1000 g/mol. The molecule has 0 fully saturated rings. The standard InChI is InChI=1S/C69H104BN2S/c1-26-32-53-33-37-71(44-52(39-51(28-3)29-4)50(15)63(47(11)12)58(31-6)66(16,17)18)54(40-56(46(9)10)49(14)48(13)27-2)43-70-65-64(72(53)38-34-59(67(19,20)21)55(30-5)45(7)8)57-41-60-61(42-62(57)73-65)69(24,25)36-35-68(60,22)23/h26,28,30-31,33-34,37,39-43,45-48,53H,1,14,27,29,32,35-36,38,44H2,2-13,15-25H3/b37-33+,51-28-,52-39+,54-43-,55-30-,56-40-,58-31+,59-34+,63-50+. The van der Waals surface area contributed by atoms with Crippen molar-refractivity contribution in [3.63, 3.8) is 0 Å². The third kappa shape index (κ3) is 14.5. The van der Waals surface area contributed by atoms with Crippen LogP contribution in [0.25, 0.3) is 10.1 Å². The van der Waals surface area contributed by atoms with E-state index in [1.54, 1.807) is 0 Å². The third-order valence-corrected chi connectivity index (χ3v) is 17.5. The molecule has 73 heavy (non-hydrogen) atoms. The molecular formula is C69H104BN2S. The van der Waals surface area contributed by atoms with Gasteiger partial charge in [0.25, 0.3) is 0 Å². The van der Waals surface area contributed by atoms with Crippen LogP contribution in [0.2, 0.25) is 0 Å². The van der Waals surface area contributed by atoms with Crippen LogP contribution in [-0.2, 0) is 10.8 Å². The third-order valence-electron chi connectivity index (χ3n) is 16.4. The molecule has 0 N–H and O–H groups in total. The molecule has 0 saturated heterocycles. The van der Waals surface area contributed by atoms with Gasteiger partial charge in [-0.1, -0.05) is 186 Å². The molecule has 1 aliphatic carbocycles. The molecule has 1 radical (unpaired) electrons. The van der Waals surface area contributed by atoms with E-state index in [1.165, 1.54) is 100 Å². The molecular weight excluding hydrogens is 900 g/mol. The summed E-state index contributed by atoms with van der Waals surface area (Å²) in [5, 5.41) is 1.37. The first-order valence-electron chi connectivity index (χ1n) is 28.4. The predicted octanol–water partition coefficient (Wildman–Crippen LogP) is 20.0. The summed E-state index contributed by atoms with van der Waals surface area (Å²) in [6.45, 7) is 64.9. The van der Waals surface area contributed by atoms with E-state index in [2.05, 4.69) is 256 Å². The normalized spacial score (nSPS) is 20.7. The number of hydrogen-bond donors (Lipinski definition) is 0. The molecule has 2 nitrogen and oxygen atoms in total. The first kappa shape index (κ1) is 61.5. The topological polar surface area (TPSA) is 6.48 Å². The Morgan fingerprint density at radius 3 is 1.89 bits per heavy atom. The molecule has 2 heterocycles. The van der Waals surface area contributed by atoms with Gasteiger partial charge in [0.15, 0.2) is 0 Å². The van der Waals surface area contributed by atoms with Gasteiger partial charge in [-0.2, -0.15) is 0 Å². The Balaban J connectivity index is 2.29. The molecule has 0 spiro atoms. The number of rotatable bonds is 18. The average Bonchev–Trinajstić information content (AvgIpc) is 3.66. The van der Waals surface area contributed by atoms with Gasteiger partial charge in [-0.15, -0.1) is 17.9 Å². The molecule has 1 aromatic heterocycles. The van der Waals surface area contributed by atoms with Crippen LogP contribution in [0.4, 0.5) is 5.69 Å². The fourth-order valence-corrected chi connectivity index (χ4v) is 12.8. The summed E-state index contributed by atoms with van der Waals surface area (Å²) in [4.78, 5) is 5.30. The number of fused-ring (bicyclic) bond motifs is 4. The van der Waals surface area contributed by atoms with Crippen molar-refractivity contribution in [1.82, 2.24) is 4.90 Å². The quantitative estimate of drug-likeness (QED) is 0.0834. The molecule has 2 unspecified atom stereocenters. The summed E-state index contributed by atoms with van der Waals surface area (Å²) in [6.07, 6.45) is 26.9. The summed E-state index contributed by atoms with van der Waals surface area (Å²) < 4.78 is 2.67. The SMILES string of the molecule is C=CCC1/C=C/N(CC(=C\C(=C/C)CC)/C(C)=C(/C(=C\C)C(C)(C)C)C(C)C)C(/C=C(\C(=C)C(C)CC)C(C)C)=C\[B]c2sc3cc4c(cc3c2N1C/C=C(\C(=C/C)C(C)C)C(C)(C)C)C(C)(C)CCC4(C)C. The van der Waals surface area contributed by atoms with Gasteiger partial charge in [-0.25, -0.2) is 0 Å². The summed E-state index contributed by atoms with van der Waals surface area (Å²) in [7, 11) is 2.47. The van der Waals surface area contributed by atoms with Crippen LogP contribution >= 0.6 is 11.3 Å². The highest BCUT2D eigenvalue weighted by atomic mass is 32.1. The minimum Gasteiger partial charge on any atom is -0.360 e. The molecule has 399 valence electrons. The minimum absolute atomic E-state index is 0.00495. The Bertz CT molecular complexity index is 2580. The van der Waals surface area contributed by atoms with Crippen molar-refractivity contribution in [2.75, 3.05) is 18.0 Å². The van der Waals surface area contributed by atoms with E-state index >= 15 is 0 Å². The van der Waals surface area contributed by atoms with Gasteiger partial charge >= 0.3 is 0 Å². The maximum atomic E-state index is 4.81. The van der Waals surface area contributed by atoms with E-state index in [9.17, 15) is 0 Å². The maximum absolute atomic E-state index is 4.81. The van der Waals surface area contributed by atoms with Crippen molar-refractivity contribution in [3.8, 4) is 0 Å². The van der Waals surface area contributed by atoms with Crippen LogP contribution in [0, 0.1) is 34.5 Å². The van der Waals surface area contributed by atoms with Crippen molar-refractivity contribution >= 4 is 39.2 Å². The zero-order valence-corrected chi connectivity index (χ0v) is 51.9. The number of nitrogens with zero attached hydrogens (tertiary/aromatic N) is 2. The maximum Gasteiger partial charge on any atom is 0.200 e. The van der Waals surface area contributed by atoms with E-state index in [0.717, 1.165) is 25.8 Å². The number of allylic oxidation sites excluding steroid dienone is 12. The number of thiophene rings is 1. The lowest BCUT2D eigenvalue weighted by atomic mass is 9.63. The van der Waals surface area contributed by atoms with E-state index in [1.807, 2.05) is 11.3 Å². The van der Waals surface area contributed by atoms with Crippen LogP contribution in [0.5, 0.6) is 0 Å². The second-order valence-electron chi connectivity index (χ2n) is 25.8. The van der Waals surface area contributed by atoms with Crippen molar-refractivity contribution < 1.29 is 0 Å². The molecule has 4 heteroatoms. The molecule has 0 saturated carbocycles. The second kappa shape index (κ2) is 25.2. The summed E-state index contributed by atoms with van der Waals surface area (Å²) in [5.74, 6) is 3.87. The Morgan fingerprint density at radius 2 is 1.41 bits per heavy atom. The van der Waals surface area contributed by atoms with Gasteiger partial charge in [0.05, 0.1) is 6.04 Å². The zero-order chi connectivity index (χ0) is 55.1. The van der Waals surface area contributed by atoms with Crippen LogP contribution in [0.1, 0.15) is 202 Å². The lowest BCUT2D eigenvalue weighted by Crippen LogP contribution is -2.39. The smallest absolute Gasteiger partial charge is 0.200 e. The molecule has 2 aromatic rings. The van der Waals surface area contributed by atoms with E-state index in [4.69, 9.17) is 6.58 Å². The Morgan fingerprint density at radius 1 is 0.822 bits per heavy atom. The van der Waals surface area contributed by atoms with Crippen LogP contribution < -0.4 is 9.68 Å².